The van der Waals surface area contributed by atoms with Gasteiger partial charge in [0.25, 0.3) is 0 Å². The Morgan fingerprint density at radius 1 is 0.355 bits per heavy atom. The lowest BCUT2D eigenvalue weighted by Gasteiger charge is -2.29. The van der Waals surface area contributed by atoms with E-state index in [9.17, 15) is 0 Å². The molecule has 0 unspecified atom stereocenters. The highest BCUT2D eigenvalue weighted by molar-refractivity contribution is 6.21. The number of nitrogens with zero attached hydrogens (tertiary/aromatic N) is 1. The van der Waals surface area contributed by atoms with Crippen molar-refractivity contribution in [2.45, 2.75) is 61.3 Å². The fourth-order valence-electron chi connectivity index (χ4n) is 9.87. The van der Waals surface area contributed by atoms with Gasteiger partial charge in [0.1, 0.15) is 11.2 Å². The Hall–Kier alpha value is -7.10. The van der Waals surface area contributed by atoms with E-state index < -0.39 is 0 Å². The number of rotatable bonds is 6. The number of furan rings is 2. The molecule has 0 bridgehead atoms. The molecule has 0 radical (unpaired) electrons. The zero-order valence-corrected chi connectivity index (χ0v) is 36.7. The van der Waals surface area contributed by atoms with Crippen LogP contribution in [0.4, 0.5) is 17.1 Å². The van der Waals surface area contributed by atoms with Crippen molar-refractivity contribution in [3.63, 3.8) is 0 Å². The second kappa shape index (κ2) is 14.2. The molecule has 0 atom stereocenters. The van der Waals surface area contributed by atoms with Crippen LogP contribution in [-0.2, 0) is 0 Å². The van der Waals surface area contributed by atoms with E-state index in [-0.39, 0.29) is 5.92 Å². The first kappa shape index (κ1) is 37.9. The highest BCUT2D eigenvalue weighted by Crippen LogP contribution is 2.44. The van der Waals surface area contributed by atoms with Crippen LogP contribution in [0, 0.1) is 55.4 Å². The largest absolute Gasteiger partial charge is 0.452 e. The number of hydrogen-bond acceptors (Lipinski definition) is 3. The van der Waals surface area contributed by atoms with Gasteiger partial charge in [-0.25, -0.2) is 0 Å². The molecule has 0 amide bonds. The smallest absolute Gasteiger partial charge is 0.178 e. The van der Waals surface area contributed by atoms with Crippen LogP contribution in [0.15, 0.2) is 154 Å². The van der Waals surface area contributed by atoms with Crippen molar-refractivity contribution in [1.82, 2.24) is 0 Å². The molecule has 9 aromatic carbocycles. The molecular formula is C59H49NO2. The van der Waals surface area contributed by atoms with Crippen LogP contribution in [0.5, 0.6) is 0 Å². The number of benzene rings is 9. The fraction of sp³-hybridized carbons (Fsp3) is 0.153. The summed E-state index contributed by atoms with van der Waals surface area (Å²) in [5.74, 6) is 0.105. The van der Waals surface area contributed by atoms with Gasteiger partial charge in [-0.15, -0.1) is 0 Å². The zero-order chi connectivity index (χ0) is 42.6. The van der Waals surface area contributed by atoms with Gasteiger partial charge in [-0.05, 0) is 188 Å². The van der Waals surface area contributed by atoms with Gasteiger partial charge in [0.05, 0.1) is 0 Å². The van der Waals surface area contributed by atoms with Gasteiger partial charge in [-0.3, -0.25) is 0 Å². The van der Waals surface area contributed by atoms with Gasteiger partial charge in [-0.2, -0.15) is 0 Å². The maximum absolute atomic E-state index is 6.83. The van der Waals surface area contributed by atoms with Crippen molar-refractivity contribution in [3.05, 3.63) is 207 Å². The minimum Gasteiger partial charge on any atom is -0.452 e. The van der Waals surface area contributed by atoms with E-state index in [1.807, 2.05) is 0 Å². The second-order valence-corrected chi connectivity index (χ2v) is 17.9. The second-order valence-electron chi connectivity index (χ2n) is 17.9. The maximum Gasteiger partial charge on any atom is 0.178 e. The van der Waals surface area contributed by atoms with Crippen LogP contribution in [0.25, 0.3) is 65.4 Å². The minimum atomic E-state index is 0.105. The molecular weight excluding hydrogens is 755 g/mol. The van der Waals surface area contributed by atoms with E-state index >= 15 is 0 Å². The Morgan fingerprint density at radius 3 is 1.32 bits per heavy atom. The third-order valence-electron chi connectivity index (χ3n) is 13.3. The summed E-state index contributed by atoms with van der Waals surface area (Å²) in [6.07, 6.45) is 0. The summed E-state index contributed by atoms with van der Waals surface area (Å²) in [6, 6.07) is 54.2. The molecule has 0 aliphatic carbocycles. The van der Waals surface area contributed by atoms with Crippen molar-refractivity contribution in [1.29, 1.82) is 0 Å². The molecule has 0 fully saturated rings. The predicted octanol–water partition coefficient (Wildman–Crippen LogP) is 16.9. The van der Waals surface area contributed by atoms with Gasteiger partial charge in [0.15, 0.2) is 11.2 Å². The standard InChI is InChI=1S/C59H49NO2/c1-33-9-13-37(5)49(23-33)57(50-24-34(2)10-14-38(50)6)43-18-17-41-29-51-47-21-22-48-52-30-42-19-20-46(28-45(42)32-56(52)62-59(48)58(47)61-55(51)31-44(41)27-43)60(53-25-35(3)11-15-39(53)7)54-26-36(4)12-16-40(54)8/h9-32,57H,1-8H3. The summed E-state index contributed by atoms with van der Waals surface area (Å²) >= 11 is 0. The van der Waals surface area contributed by atoms with Crippen LogP contribution >= 0.6 is 0 Å². The van der Waals surface area contributed by atoms with Gasteiger partial charge in [0.2, 0.25) is 0 Å². The van der Waals surface area contributed by atoms with Crippen LogP contribution < -0.4 is 4.90 Å². The summed E-state index contributed by atoms with van der Waals surface area (Å²) in [4.78, 5) is 2.41. The lowest BCUT2D eigenvalue weighted by atomic mass is 9.80. The number of anilines is 3. The molecule has 11 rings (SSSR count). The van der Waals surface area contributed by atoms with Gasteiger partial charge in [0, 0.05) is 44.5 Å². The summed E-state index contributed by atoms with van der Waals surface area (Å²) in [5, 5.41) is 8.93. The zero-order valence-electron chi connectivity index (χ0n) is 36.7. The summed E-state index contributed by atoms with van der Waals surface area (Å²) in [7, 11) is 0. The molecule has 3 nitrogen and oxygen atoms in total. The van der Waals surface area contributed by atoms with Gasteiger partial charge in [-0.1, -0.05) is 96.1 Å². The lowest BCUT2D eigenvalue weighted by Crippen LogP contribution is -2.13. The molecule has 302 valence electrons. The van der Waals surface area contributed by atoms with Gasteiger partial charge >= 0.3 is 0 Å². The van der Waals surface area contributed by atoms with Crippen LogP contribution in [0.1, 0.15) is 67.1 Å². The molecule has 0 aliphatic heterocycles. The third-order valence-corrected chi connectivity index (χ3v) is 13.3. The van der Waals surface area contributed by atoms with E-state index in [1.54, 1.807) is 0 Å². The van der Waals surface area contributed by atoms with Crippen molar-refractivity contribution >= 4 is 82.5 Å². The first-order valence-corrected chi connectivity index (χ1v) is 21.8. The highest BCUT2D eigenvalue weighted by atomic mass is 16.4. The molecule has 2 aromatic heterocycles. The van der Waals surface area contributed by atoms with E-state index in [1.165, 1.54) is 78.0 Å². The Bertz CT molecular complexity index is 3290. The lowest BCUT2D eigenvalue weighted by molar-refractivity contribution is 0.634. The monoisotopic (exact) mass is 803 g/mol. The van der Waals surface area contributed by atoms with E-state index in [0.717, 1.165) is 65.7 Å². The SMILES string of the molecule is Cc1ccc(C)c(C(c2ccc3cc4c(cc3c2)oc2c4ccc3c4cc5ccc(N(c6cc(C)ccc6C)c6cc(C)ccc6C)cc5cc4oc32)c2cc(C)ccc2C)c1. The average molecular weight is 804 g/mol. The van der Waals surface area contributed by atoms with Crippen molar-refractivity contribution in [3.8, 4) is 0 Å². The molecule has 0 saturated carbocycles. The normalized spacial score (nSPS) is 12.0. The summed E-state index contributed by atoms with van der Waals surface area (Å²) in [5.41, 5.74) is 20.8. The molecule has 11 aromatic rings. The Labute approximate surface area is 362 Å². The Balaban J connectivity index is 1.04. The summed E-state index contributed by atoms with van der Waals surface area (Å²) < 4.78 is 13.7. The van der Waals surface area contributed by atoms with Crippen LogP contribution in [-0.4, -0.2) is 0 Å². The molecule has 2 heterocycles. The molecule has 62 heavy (non-hydrogen) atoms. The van der Waals surface area contributed by atoms with Crippen molar-refractivity contribution in [2.75, 3.05) is 4.90 Å². The van der Waals surface area contributed by atoms with Crippen molar-refractivity contribution in [2.24, 2.45) is 0 Å². The quantitative estimate of drug-likeness (QED) is 0.157. The van der Waals surface area contributed by atoms with Gasteiger partial charge < -0.3 is 13.7 Å². The van der Waals surface area contributed by atoms with E-state index in [2.05, 4.69) is 206 Å². The Morgan fingerprint density at radius 2 is 0.806 bits per heavy atom. The molecule has 0 N–H and O–H groups in total. The van der Waals surface area contributed by atoms with E-state index in [0.29, 0.717) is 0 Å². The predicted molar refractivity (Wildman–Crippen MR) is 262 cm³/mol. The highest BCUT2D eigenvalue weighted by Gasteiger charge is 2.23. The number of hydrogen-bond donors (Lipinski definition) is 0. The van der Waals surface area contributed by atoms with Crippen molar-refractivity contribution < 1.29 is 8.83 Å². The first-order chi connectivity index (χ1) is 30.0. The maximum atomic E-state index is 6.83. The van der Waals surface area contributed by atoms with Crippen LogP contribution in [0.3, 0.4) is 0 Å². The number of fused-ring (bicyclic) bond motifs is 9. The van der Waals surface area contributed by atoms with E-state index in [4.69, 9.17) is 8.83 Å². The molecule has 0 aliphatic rings. The van der Waals surface area contributed by atoms with Crippen LogP contribution in [0.2, 0.25) is 0 Å². The fourth-order valence-corrected chi connectivity index (χ4v) is 9.87. The Kier molecular flexibility index (Phi) is 8.70. The molecule has 3 heteroatoms. The summed E-state index contributed by atoms with van der Waals surface area (Å²) in [6.45, 7) is 17.6. The third kappa shape index (κ3) is 6.18. The molecule has 0 spiro atoms. The number of aryl methyl sites for hydroxylation is 8. The first-order valence-electron chi connectivity index (χ1n) is 21.8. The molecule has 0 saturated heterocycles. The minimum absolute atomic E-state index is 0.105. The average Bonchev–Trinajstić information content (AvgIpc) is 3.81. The topological polar surface area (TPSA) is 29.5 Å².